The van der Waals surface area contributed by atoms with Crippen molar-refractivity contribution in [2.45, 2.75) is 18.6 Å². The van der Waals surface area contributed by atoms with Crippen LogP contribution < -0.4 is 15.6 Å². The Hall–Kier alpha value is -1.89. The van der Waals surface area contributed by atoms with Crippen LogP contribution >= 0.6 is 36.0 Å². The first-order valence-electron chi connectivity index (χ1n) is 7.54. The second-order valence-corrected chi connectivity index (χ2v) is 7.19. The number of benzene rings is 2. The predicted molar refractivity (Wildman–Crippen MR) is 105 cm³/mol. The Kier molecular flexibility index (Phi) is 3.63. The third-order valence-corrected chi connectivity index (χ3v) is 5.31. The zero-order valence-electron chi connectivity index (χ0n) is 12.9. The van der Waals surface area contributed by atoms with Crippen molar-refractivity contribution in [2.24, 2.45) is 0 Å². The zero-order chi connectivity index (χ0) is 16.9. The Morgan fingerprint density at radius 2 is 1.67 bits per heavy atom. The van der Waals surface area contributed by atoms with Crippen LogP contribution in [0.5, 0.6) is 0 Å². The van der Waals surface area contributed by atoms with Gasteiger partial charge in [0.1, 0.15) is 5.54 Å². The lowest BCUT2D eigenvalue weighted by Gasteiger charge is -2.31. The topological polar surface area (TPSA) is 30.5 Å². The van der Waals surface area contributed by atoms with Gasteiger partial charge >= 0.3 is 0 Å². The highest BCUT2D eigenvalue weighted by molar-refractivity contribution is 7.81. The molecule has 2 atom stereocenters. The maximum atomic E-state index is 6.03. The molecule has 0 bridgehead atoms. The van der Waals surface area contributed by atoms with E-state index in [2.05, 4.69) is 17.6 Å². The standard InChI is InChI=1S/C17H15ClN4S2/c1-17(11-7-9-12(18)10-8-11)14-19-15(23)21(22(14)16(24)20-17)13-5-3-2-4-6-13/h2-10,14H,1H3,(H,19,23)(H,20,24)/t14-,17-/m1/s1. The molecule has 2 aliphatic heterocycles. The number of halogens is 1. The van der Waals surface area contributed by atoms with E-state index in [-0.39, 0.29) is 6.17 Å². The van der Waals surface area contributed by atoms with E-state index in [1.165, 1.54) is 0 Å². The summed E-state index contributed by atoms with van der Waals surface area (Å²) in [5.74, 6) is 0. The fourth-order valence-corrected chi connectivity index (χ4v) is 4.06. The smallest absolute Gasteiger partial charge is 0.194 e. The fourth-order valence-electron chi connectivity index (χ4n) is 3.23. The van der Waals surface area contributed by atoms with Crippen molar-refractivity contribution in [2.75, 3.05) is 5.01 Å². The number of anilines is 1. The number of hydrogen-bond donors (Lipinski definition) is 2. The van der Waals surface area contributed by atoms with Crippen LogP contribution in [0.3, 0.4) is 0 Å². The van der Waals surface area contributed by atoms with Gasteiger partial charge in [-0.1, -0.05) is 41.9 Å². The summed E-state index contributed by atoms with van der Waals surface area (Å²) in [7, 11) is 0. The van der Waals surface area contributed by atoms with E-state index in [1.807, 2.05) is 64.6 Å². The molecule has 7 heteroatoms. The maximum absolute atomic E-state index is 6.03. The molecule has 4 nitrogen and oxygen atoms in total. The lowest BCUT2D eigenvalue weighted by atomic mass is 9.90. The summed E-state index contributed by atoms with van der Waals surface area (Å²) in [6.07, 6.45) is -0.112. The molecule has 4 rings (SSSR count). The zero-order valence-corrected chi connectivity index (χ0v) is 15.3. The number of hydrazine groups is 1. The van der Waals surface area contributed by atoms with E-state index in [0.29, 0.717) is 15.2 Å². The summed E-state index contributed by atoms with van der Waals surface area (Å²) in [5.41, 5.74) is 1.64. The van der Waals surface area contributed by atoms with Crippen LogP contribution in [-0.4, -0.2) is 21.4 Å². The average Bonchev–Trinajstić information content (AvgIpc) is 3.05. The molecule has 0 saturated carbocycles. The second kappa shape index (κ2) is 5.58. The van der Waals surface area contributed by atoms with Gasteiger partial charge in [-0.3, -0.25) is 0 Å². The number of para-hydroxylation sites is 1. The molecule has 2 N–H and O–H groups in total. The first-order valence-corrected chi connectivity index (χ1v) is 8.73. The molecule has 122 valence electrons. The Bertz CT molecular complexity index is 811. The molecule has 0 aromatic heterocycles. The normalized spacial score (nSPS) is 25.5. The van der Waals surface area contributed by atoms with Crippen LogP contribution in [-0.2, 0) is 5.54 Å². The van der Waals surface area contributed by atoms with Gasteiger partial charge in [0.05, 0.1) is 5.69 Å². The minimum absolute atomic E-state index is 0.112. The van der Waals surface area contributed by atoms with E-state index in [9.17, 15) is 0 Å². The van der Waals surface area contributed by atoms with Crippen LogP contribution in [0, 0.1) is 0 Å². The Balaban J connectivity index is 1.75. The van der Waals surface area contributed by atoms with Crippen molar-refractivity contribution in [1.82, 2.24) is 15.6 Å². The molecule has 2 saturated heterocycles. The second-order valence-electron chi connectivity index (χ2n) is 5.98. The molecule has 0 aliphatic carbocycles. The van der Waals surface area contributed by atoms with E-state index in [0.717, 1.165) is 11.3 Å². The molecule has 2 heterocycles. The minimum atomic E-state index is -0.421. The van der Waals surface area contributed by atoms with Gasteiger partial charge in [-0.05, 0) is 61.2 Å². The van der Waals surface area contributed by atoms with Crippen LogP contribution in [0.15, 0.2) is 54.6 Å². The molecule has 2 aromatic rings. The Morgan fingerprint density at radius 3 is 2.33 bits per heavy atom. The summed E-state index contributed by atoms with van der Waals surface area (Å²) in [4.78, 5) is 0. The SMILES string of the molecule is C[C@]1(c2ccc(Cl)cc2)NC(=S)N2[C@H]1NC(=S)N2c1ccccc1. The number of thiocarbonyl (C=S) groups is 2. The van der Waals surface area contributed by atoms with Crippen LogP contribution in [0.25, 0.3) is 0 Å². The molecule has 0 unspecified atom stereocenters. The quantitative estimate of drug-likeness (QED) is 0.784. The monoisotopic (exact) mass is 374 g/mol. The number of fused-ring (bicyclic) bond motifs is 1. The highest BCUT2D eigenvalue weighted by atomic mass is 35.5. The number of hydrogen-bond acceptors (Lipinski definition) is 2. The molecule has 2 fully saturated rings. The van der Waals surface area contributed by atoms with Crippen LogP contribution in [0.4, 0.5) is 5.69 Å². The number of nitrogens with one attached hydrogen (secondary N) is 2. The van der Waals surface area contributed by atoms with Gasteiger partial charge in [0, 0.05) is 5.02 Å². The molecule has 24 heavy (non-hydrogen) atoms. The van der Waals surface area contributed by atoms with Crippen molar-refractivity contribution >= 4 is 51.9 Å². The highest BCUT2D eigenvalue weighted by Gasteiger charge is 2.54. The number of rotatable bonds is 2. The third-order valence-electron chi connectivity index (χ3n) is 4.48. The van der Waals surface area contributed by atoms with E-state index in [1.54, 1.807) is 0 Å². The van der Waals surface area contributed by atoms with Gasteiger partial charge in [0.15, 0.2) is 16.4 Å². The van der Waals surface area contributed by atoms with Crippen LogP contribution in [0.2, 0.25) is 5.02 Å². The van der Waals surface area contributed by atoms with E-state index in [4.69, 9.17) is 36.0 Å². The predicted octanol–water partition coefficient (Wildman–Crippen LogP) is 3.38. The molecule has 2 aliphatic rings. The summed E-state index contributed by atoms with van der Waals surface area (Å²) in [6, 6.07) is 17.8. The third kappa shape index (κ3) is 2.25. The average molecular weight is 375 g/mol. The summed E-state index contributed by atoms with van der Waals surface area (Å²) >= 11 is 17.2. The summed E-state index contributed by atoms with van der Waals surface area (Å²) in [5, 5.41) is 12.8. The lowest BCUT2D eigenvalue weighted by molar-refractivity contribution is 0.264. The van der Waals surface area contributed by atoms with Gasteiger partial charge < -0.3 is 10.6 Å². The Labute approximate surface area is 156 Å². The van der Waals surface area contributed by atoms with Crippen molar-refractivity contribution in [1.29, 1.82) is 0 Å². The largest absolute Gasteiger partial charge is 0.348 e. The van der Waals surface area contributed by atoms with Gasteiger partial charge in [0.2, 0.25) is 0 Å². The summed E-state index contributed by atoms with van der Waals surface area (Å²) < 4.78 is 0. The van der Waals surface area contributed by atoms with Crippen molar-refractivity contribution in [3.05, 3.63) is 65.2 Å². The van der Waals surface area contributed by atoms with Gasteiger partial charge in [-0.2, -0.15) is 0 Å². The molecular weight excluding hydrogens is 360 g/mol. The lowest BCUT2D eigenvalue weighted by Crippen LogP contribution is -2.49. The first kappa shape index (κ1) is 15.6. The van der Waals surface area contributed by atoms with E-state index >= 15 is 0 Å². The number of nitrogens with zero attached hydrogens (tertiary/aromatic N) is 2. The molecular formula is C17H15ClN4S2. The summed E-state index contributed by atoms with van der Waals surface area (Å²) in [6.45, 7) is 2.11. The fraction of sp³-hybridized carbons (Fsp3) is 0.176. The molecule has 0 amide bonds. The van der Waals surface area contributed by atoms with Crippen molar-refractivity contribution in [3.8, 4) is 0 Å². The van der Waals surface area contributed by atoms with Gasteiger partial charge in [0.25, 0.3) is 0 Å². The van der Waals surface area contributed by atoms with Gasteiger partial charge in [-0.25, -0.2) is 10.0 Å². The van der Waals surface area contributed by atoms with Crippen molar-refractivity contribution in [3.63, 3.8) is 0 Å². The van der Waals surface area contributed by atoms with E-state index < -0.39 is 5.54 Å². The minimum Gasteiger partial charge on any atom is -0.348 e. The highest BCUT2D eigenvalue weighted by Crippen LogP contribution is 2.38. The Morgan fingerprint density at radius 1 is 1.00 bits per heavy atom. The molecule has 0 radical (unpaired) electrons. The first-order chi connectivity index (χ1) is 11.5. The molecule has 2 aromatic carbocycles. The van der Waals surface area contributed by atoms with Gasteiger partial charge in [-0.15, -0.1) is 0 Å². The maximum Gasteiger partial charge on any atom is 0.194 e. The van der Waals surface area contributed by atoms with Crippen molar-refractivity contribution < 1.29 is 0 Å². The molecule has 0 spiro atoms. The van der Waals surface area contributed by atoms with Crippen LogP contribution in [0.1, 0.15) is 12.5 Å².